The Morgan fingerprint density at radius 1 is 1.35 bits per heavy atom. The van der Waals surface area contributed by atoms with Crippen molar-refractivity contribution in [1.29, 1.82) is 0 Å². The largest absolute Gasteiger partial charge is 0.480 e. The molecule has 1 heterocycles. The molecule has 2 rings (SSSR count). The van der Waals surface area contributed by atoms with Crippen LogP contribution in [0.5, 0.6) is 0 Å². The van der Waals surface area contributed by atoms with E-state index in [0.29, 0.717) is 12.2 Å². The van der Waals surface area contributed by atoms with E-state index in [-0.39, 0.29) is 6.42 Å². The van der Waals surface area contributed by atoms with E-state index in [4.69, 9.17) is 10.2 Å². The summed E-state index contributed by atoms with van der Waals surface area (Å²) in [5.41, 5.74) is 1.71. The molecule has 1 atom stereocenters. The minimum Gasteiger partial charge on any atom is -0.480 e. The molecule has 0 saturated carbocycles. The number of nitrogens with zero attached hydrogens (tertiary/aromatic N) is 1. The minimum atomic E-state index is -1.27. The Bertz CT molecular complexity index is 590. The number of hydrogen-bond donors (Lipinski definition) is 4. The maximum absolute atomic E-state index is 11.6. The molecule has 106 valence electrons. The highest BCUT2D eigenvalue weighted by Gasteiger charge is 2.18. The number of carboxylic acids is 1. The van der Waals surface area contributed by atoms with Crippen LogP contribution in [-0.4, -0.2) is 44.7 Å². The predicted octanol–water partition coefficient (Wildman–Crippen LogP) is 0.0572. The van der Waals surface area contributed by atoms with Gasteiger partial charge in [-0.25, -0.2) is 9.78 Å². The number of amides is 1. The Kier molecular flexibility index (Phi) is 4.31. The summed E-state index contributed by atoms with van der Waals surface area (Å²) in [6, 6.07) is 6.24. The Morgan fingerprint density at radius 3 is 2.75 bits per heavy atom. The molecular formula is C13H15N3O4. The molecule has 2 aromatic rings. The number of aromatic nitrogens is 2. The van der Waals surface area contributed by atoms with Gasteiger partial charge in [0, 0.05) is 12.8 Å². The monoisotopic (exact) mass is 277 g/mol. The van der Waals surface area contributed by atoms with Gasteiger partial charge in [-0.3, -0.25) is 4.79 Å². The van der Waals surface area contributed by atoms with Gasteiger partial charge < -0.3 is 20.5 Å². The predicted molar refractivity (Wildman–Crippen MR) is 71.1 cm³/mol. The van der Waals surface area contributed by atoms with Crippen LogP contribution >= 0.6 is 0 Å². The fourth-order valence-electron chi connectivity index (χ4n) is 1.81. The van der Waals surface area contributed by atoms with Crippen LogP contribution in [0, 0.1) is 0 Å². The summed E-state index contributed by atoms with van der Waals surface area (Å²) >= 11 is 0. The number of aromatic amines is 1. The molecule has 0 unspecified atom stereocenters. The van der Waals surface area contributed by atoms with Crippen LogP contribution in [0.4, 0.5) is 0 Å². The fraction of sp³-hybridized carbons (Fsp3) is 0.308. The number of carbonyl (C=O) groups is 2. The second-order valence-corrected chi connectivity index (χ2v) is 4.34. The molecule has 4 N–H and O–H groups in total. The number of fused-ring (bicyclic) bond motifs is 1. The average molecular weight is 277 g/mol. The van der Waals surface area contributed by atoms with Gasteiger partial charge in [0.05, 0.1) is 17.6 Å². The number of carboxylic acid groups (broad SMARTS) is 1. The number of aliphatic hydroxyl groups is 1. The van der Waals surface area contributed by atoms with Gasteiger partial charge in [0.2, 0.25) is 5.91 Å². The highest BCUT2D eigenvalue weighted by Crippen LogP contribution is 2.11. The topological polar surface area (TPSA) is 115 Å². The van der Waals surface area contributed by atoms with Crippen LogP contribution in [0.3, 0.4) is 0 Å². The van der Waals surface area contributed by atoms with Crippen molar-refractivity contribution >= 4 is 22.9 Å². The highest BCUT2D eigenvalue weighted by molar-refractivity contribution is 5.83. The molecule has 0 saturated heterocycles. The normalized spacial score (nSPS) is 12.2. The summed E-state index contributed by atoms with van der Waals surface area (Å²) in [6.45, 7) is -0.633. The van der Waals surface area contributed by atoms with Crippen molar-refractivity contribution in [3.05, 3.63) is 30.1 Å². The van der Waals surface area contributed by atoms with Crippen molar-refractivity contribution in [2.75, 3.05) is 6.61 Å². The summed E-state index contributed by atoms with van der Waals surface area (Å²) in [4.78, 5) is 29.6. The van der Waals surface area contributed by atoms with Crippen molar-refractivity contribution in [3.63, 3.8) is 0 Å². The van der Waals surface area contributed by atoms with E-state index >= 15 is 0 Å². The van der Waals surface area contributed by atoms with Crippen molar-refractivity contribution in [2.24, 2.45) is 0 Å². The van der Waals surface area contributed by atoms with Crippen LogP contribution < -0.4 is 5.32 Å². The maximum atomic E-state index is 11.6. The minimum absolute atomic E-state index is 0.101. The molecule has 0 spiro atoms. The molecule has 7 nitrogen and oxygen atoms in total. The molecule has 0 aliphatic carbocycles. The van der Waals surface area contributed by atoms with E-state index in [1.807, 2.05) is 24.3 Å². The first-order valence-corrected chi connectivity index (χ1v) is 6.17. The van der Waals surface area contributed by atoms with E-state index in [1.165, 1.54) is 0 Å². The maximum Gasteiger partial charge on any atom is 0.328 e. The number of para-hydroxylation sites is 2. The molecule has 0 aliphatic rings. The number of hydrogen-bond acceptors (Lipinski definition) is 4. The molecule has 0 radical (unpaired) electrons. The van der Waals surface area contributed by atoms with Gasteiger partial charge in [-0.2, -0.15) is 0 Å². The van der Waals surface area contributed by atoms with Gasteiger partial charge >= 0.3 is 5.97 Å². The lowest BCUT2D eigenvalue weighted by molar-refractivity contribution is -0.142. The first-order chi connectivity index (χ1) is 9.60. The zero-order valence-electron chi connectivity index (χ0n) is 10.7. The molecule has 7 heteroatoms. The van der Waals surface area contributed by atoms with Crippen LogP contribution in [-0.2, 0) is 16.0 Å². The van der Waals surface area contributed by atoms with Gasteiger partial charge in [-0.1, -0.05) is 12.1 Å². The third kappa shape index (κ3) is 3.33. The number of nitrogens with one attached hydrogen (secondary N) is 2. The van der Waals surface area contributed by atoms with Crippen molar-refractivity contribution in [3.8, 4) is 0 Å². The molecule has 1 aromatic heterocycles. The standard InChI is InChI=1S/C13H15N3O4/c17-7-10(13(19)20)16-12(18)6-5-11-14-8-3-1-2-4-9(8)15-11/h1-4,10,17H,5-7H2,(H,14,15)(H,16,18)(H,19,20)/t10-/m1/s1. The quantitative estimate of drug-likeness (QED) is 0.596. The molecule has 20 heavy (non-hydrogen) atoms. The third-order valence-electron chi connectivity index (χ3n) is 2.84. The number of aliphatic carboxylic acids is 1. The Labute approximate surface area is 114 Å². The number of H-pyrrole nitrogens is 1. The van der Waals surface area contributed by atoms with Gasteiger partial charge in [0.15, 0.2) is 0 Å². The van der Waals surface area contributed by atoms with Crippen LogP contribution in [0.2, 0.25) is 0 Å². The smallest absolute Gasteiger partial charge is 0.328 e. The number of benzene rings is 1. The van der Waals surface area contributed by atoms with Gasteiger partial charge in [-0.15, -0.1) is 0 Å². The van der Waals surface area contributed by atoms with Crippen molar-refractivity contribution in [2.45, 2.75) is 18.9 Å². The van der Waals surface area contributed by atoms with Crippen LogP contribution in [0.25, 0.3) is 11.0 Å². The summed E-state index contributed by atoms with van der Waals surface area (Å²) in [5, 5.41) is 19.8. The highest BCUT2D eigenvalue weighted by atomic mass is 16.4. The first-order valence-electron chi connectivity index (χ1n) is 6.17. The molecule has 0 aliphatic heterocycles. The second kappa shape index (κ2) is 6.16. The van der Waals surface area contributed by atoms with E-state index in [2.05, 4.69) is 15.3 Å². The van der Waals surface area contributed by atoms with Crippen molar-refractivity contribution < 1.29 is 19.8 Å². The van der Waals surface area contributed by atoms with E-state index in [1.54, 1.807) is 0 Å². The van der Waals surface area contributed by atoms with Crippen molar-refractivity contribution in [1.82, 2.24) is 15.3 Å². The average Bonchev–Trinajstić information content (AvgIpc) is 2.85. The molecule has 1 aromatic carbocycles. The summed E-state index contributed by atoms with van der Waals surface area (Å²) in [6.07, 6.45) is 0.474. The van der Waals surface area contributed by atoms with E-state index in [0.717, 1.165) is 11.0 Å². The first kappa shape index (κ1) is 14.0. The Balaban J connectivity index is 1.91. The summed E-state index contributed by atoms with van der Waals surface area (Å²) in [7, 11) is 0. The Morgan fingerprint density at radius 2 is 2.10 bits per heavy atom. The van der Waals surface area contributed by atoms with E-state index in [9.17, 15) is 9.59 Å². The second-order valence-electron chi connectivity index (χ2n) is 4.34. The number of imidazole rings is 1. The molecular weight excluding hydrogens is 262 g/mol. The lowest BCUT2D eigenvalue weighted by atomic mass is 10.2. The molecule has 0 bridgehead atoms. The van der Waals surface area contributed by atoms with Gasteiger partial charge in [-0.05, 0) is 12.1 Å². The van der Waals surface area contributed by atoms with Gasteiger partial charge in [0.25, 0.3) is 0 Å². The fourth-order valence-corrected chi connectivity index (χ4v) is 1.81. The van der Waals surface area contributed by atoms with Gasteiger partial charge in [0.1, 0.15) is 11.9 Å². The Hall–Kier alpha value is -2.41. The lowest BCUT2D eigenvalue weighted by Gasteiger charge is -2.10. The zero-order chi connectivity index (χ0) is 14.5. The zero-order valence-corrected chi connectivity index (χ0v) is 10.7. The number of aliphatic hydroxyl groups excluding tert-OH is 1. The number of aryl methyl sites for hydroxylation is 1. The summed E-state index contributed by atoms with van der Waals surface area (Å²) in [5.74, 6) is -1.03. The number of rotatable bonds is 6. The van der Waals surface area contributed by atoms with Crippen LogP contribution in [0.15, 0.2) is 24.3 Å². The summed E-state index contributed by atoms with van der Waals surface area (Å²) < 4.78 is 0. The van der Waals surface area contributed by atoms with Crippen LogP contribution in [0.1, 0.15) is 12.2 Å². The van der Waals surface area contributed by atoms with E-state index < -0.39 is 24.5 Å². The molecule has 1 amide bonds. The number of carbonyl (C=O) groups excluding carboxylic acids is 1. The SMILES string of the molecule is O=C(CCc1nc2ccccc2[nH]1)N[C@H](CO)C(=O)O. The molecule has 0 fully saturated rings. The lowest BCUT2D eigenvalue weighted by Crippen LogP contribution is -2.43. The third-order valence-corrected chi connectivity index (χ3v) is 2.84.